The average molecular weight is 266 g/mol. The lowest BCUT2D eigenvalue weighted by molar-refractivity contribution is 0.370. The van der Waals surface area contributed by atoms with Crippen LogP contribution in [0.4, 0.5) is 0 Å². The highest BCUT2D eigenvalue weighted by Crippen LogP contribution is 2.17. The smallest absolute Gasteiger partial charge is 0.0205 e. The van der Waals surface area contributed by atoms with Crippen LogP contribution in [0, 0.1) is 11.8 Å². The number of hydrogen-bond acceptors (Lipinski definition) is 3. The van der Waals surface area contributed by atoms with Crippen LogP contribution in [0.1, 0.15) is 26.3 Å². The molecule has 2 nitrogen and oxygen atoms in total. The predicted octanol–water partition coefficient (Wildman–Crippen LogP) is 3.12. The van der Waals surface area contributed by atoms with Gasteiger partial charge < -0.3 is 11.1 Å². The zero-order chi connectivity index (χ0) is 13.4. The largest absolute Gasteiger partial charge is 0.330 e. The predicted molar refractivity (Wildman–Crippen MR) is 81.9 cm³/mol. The van der Waals surface area contributed by atoms with Gasteiger partial charge in [0.25, 0.3) is 0 Å². The van der Waals surface area contributed by atoms with Crippen LogP contribution in [0.5, 0.6) is 0 Å². The molecule has 102 valence electrons. The molecule has 0 amide bonds. The second-order valence-corrected chi connectivity index (χ2v) is 6.29. The van der Waals surface area contributed by atoms with E-state index < -0.39 is 0 Å². The molecule has 1 atom stereocenters. The van der Waals surface area contributed by atoms with E-state index in [0.717, 1.165) is 25.4 Å². The van der Waals surface area contributed by atoms with Gasteiger partial charge in [-0.2, -0.15) is 0 Å². The molecule has 1 unspecified atom stereocenters. The maximum absolute atomic E-state index is 5.76. The lowest BCUT2D eigenvalue weighted by atomic mass is 9.96. The van der Waals surface area contributed by atoms with Crippen LogP contribution in [0.2, 0.25) is 0 Å². The van der Waals surface area contributed by atoms with Crippen LogP contribution < -0.4 is 11.1 Å². The standard InChI is InChI=1S/C15H26N2S/c1-4-18-15-7-5-13(6-8-15)10-17-11-14(9-16)12(2)3/h5-8,12,14,17H,4,9-11,16H2,1-3H3. The van der Waals surface area contributed by atoms with Crippen molar-refractivity contribution < 1.29 is 0 Å². The fourth-order valence-corrected chi connectivity index (χ4v) is 2.53. The van der Waals surface area contributed by atoms with Gasteiger partial charge in [0.15, 0.2) is 0 Å². The molecule has 18 heavy (non-hydrogen) atoms. The van der Waals surface area contributed by atoms with E-state index in [1.807, 2.05) is 11.8 Å². The number of hydrogen-bond donors (Lipinski definition) is 2. The maximum Gasteiger partial charge on any atom is 0.0205 e. The zero-order valence-electron chi connectivity index (χ0n) is 11.8. The van der Waals surface area contributed by atoms with Crippen LogP contribution in [-0.2, 0) is 6.54 Å². The fourth-order valence-electron chi connectivity index (χ4n) is 1.86. The van der Waals surface area contributed by atoms with Crippen LogP contribution >= 0.6 is 11.8 Å². The number of nitrogens with one attached hydrogen (secondary N) is 1. The SMILES string of the molecule is CCSc1ccc(CNCC(CN)C(C)C)cc1. The summed E-state index contributed by atoms with van der Waals surface area (Å²) < 4.78 is 0. The summed E-state index contributed by atoms with van der Waals surface area (Å²) in [5.74, 6) is 2.34. The molecule has 0 fully saturated rings. The van der Waals surface area contributed by atoms with Gasteiger partial charge in [-0.1, -0.05) is 32.9 Å². The number of benzene rings is 1. The Kier molecular flexibility index (Phi) is 7.40. The third-order valence-corrected chi connectivity index (χ3v) is 4.11. The van der Waals surface area contributed by atoms with Crippen molar-refractivity contribution >= 4 is 11.8 Å². The van der Waals surface area contributed by atoms with E-state index in [0.29, 0.717) is 11.8 Å². The molecule has 0 saturated heterocycles. The van der Waals surface area contributed by atoms with E-state index in [1.54, 1.807) is 0 Å². The molecular formula is C15H26N2S. The Morgan fingerprint density at radius 2 is 1.89 bits per heavy atom. The van der Waals surface area contributed by atoms with Crippen LogP contribution in [0.15, 0.2) is 29.2 Å². The molecule has 3 heteroatoms. The van der Waals surface area contributed by atoms with Crippen molar-refractivity contribution in [2.75, 3.05) is 18.8 Å². The first-order valence-electron chi connectivity index (χ1n) is 6.79. The molecule has 3 N–H and O–H groups in total. The molecule has 1 rings (SSSR count). The van der Waals surface area contributed by atoms with E-state index in [9.17, 15) is 0 Å². The van der Waals surface area contributed by atoms with Crippen molar-refractivity contribution in [3.63, 3.8) is 0 Å². The minimum Gasteiger partial charge on any atom is -0.330 e. The molecule has 0 radical (unpaired) electrons. The van der Waals surface area contributed by atoms with Crippen molar-refractivity contribution in [2.45, 2.75) is 32.2 Å². The number of rotatable bonds is 8. The summed E-state index contributed by atoms with van der Waals surface area (Å²) in [6, 6.07) is 8.82. The van der Waals surface area contributed by atoms with Crippen molar-refractivity contribution in [1.82, 2.24) is 5.32 Å². The Bertz CT molecular complexity index is 322. The lowest BCUT2D eigenvalue weighted by Gasteiger charge is -2.19. The quantitative estimate of drug-likeness (QED) is 0.710. The molecular weight excluding hydrogens is 240 g/mol. The van der Waals surface area contributed by atoms with Crippen molar-refractivity contribution in [3.05, 3.63) is 29.8 Å². The molecule has 0 bridgehead atoms. The highest BCUT2D eigenvalue weighted by atomic mass is 32.2. The van der Waals surface area contributed by atoms with E-state index in [-0.39, 0.29) is 0 Å². The van der Waals surface area contributed by atoms with Gasteiger partial charge in [-0.25, -0.2) is 0 Å². The van der Waals surface area contributed by atoms with E-state index in [1.165, 1.54) is 10.5 Å². The van der Waals surface area contributed by atoms with Gasteiger partial charge >= 0.3 is 0 Å². The van der Waals surface area contributed by atoms with Gasteiger partial charge in [-0.05, 0) is 48.4 Å². The summed E-state index contributed by atoms with van der Waals surface area (Å²) >= 11 is 1.88. The molecule has 0 spiro atoms. The first-order chi connectivity index (χ1) is 8.67. The van der Waals surface area contributed by atoms with Crippen molar-refractivity contribution in [1.29, 1.82) is 0 Å². The molecule has 0 saturated carbocycles. The van der Waals surface area contributed by atoms with Crippen LogP contribution in [0.25, 0.3) is 0 Å². The fraction of sp³-hybridized carbons (Fsp3) is 0.600. The van der Waals surface area contributed by atoms with Crippen molar-refractivity contribution in [3.8, 4) is 0 Å². The van der Waals surface area contributed by atoms with E-state index >= 15 is 0 Å². The normalized spacial score (nSPS) is 12.9. The van der Waals surface area contributed by atoms with E-state index in [2.05, 4.69) is 50.4 Å². The van der Waals surface area contributed by atoms with Gasteiger partial charge in [0.05, 0.1) is 0 Å². The van der Waals surface area contributed by atoms with Crippen molar-refractivity contribution in [2.24, 2.45) is 17.6 Å². The van der Waals surface area contributed by atoms with Crippen LogP contribution in [-0.4, -0.2) is 18.8 Å². The summed E-state index contributed by atoms with van der Waals surface area (Å²) in [5, 5.41) is 3.50. The maximum atomic E-state index is 5.76. The molecule has 0 aliphatic heterocycles. The van der Waals surface area contributed by atoms with Gasteiger partial charge in [0.2, 0.25) is 0 Å². The van der Waals surface area contributed by atoms with Gasteiger partial charge in [0.1, 0.15) is 0 Å². The summed E-state index contributed by atoms with van der Waals surface area (Å²) in [5.41, 5.74) is 7.11. The lowest BCUT2D eigenvalue weighted by Crippen LogP contribution is -2.31. The van der Waals surface area contributed by atoms with Gasteiger partial charge in [0, 0.05) is 11.4 Å². The Morgan fingerprint density at radius 1 is 1.22 bits per heavy atom. The third-order valence-electron chi connectivity index (χ3n) is 3.22. The highest BCUT2D eigenvalue weighted by molar-refractivity contribution is 7.99. The third kappa shape index (κ3) is 5.42. The Morgan fingerprint density at radius 3 is 2.39 bits per heavy atom. The van der Waals surface area contributed by atoms with Gasteiger partial charge in [-0.15, -0.1) is 11.8 Å². The molecule has 0 aliphatic rings. The Balaban J connectivity index is 2.34. The van der Waals surface area contributed by atoms with Gasteiger partial charge in [-0.3, -0.25) is 0 Å². The average Bonchev–Trinajstić information content (AvgIpc) is 2.36. The highest BCUT2D eigenvalue weighted by Gasteiger charge is 2.10. The molecule has 1 aromatic rings. The van der Waals surface area contributed by atoms with E-state index in [4.69, 9.17) is 5.73 Å². The molecule has 0 aromatic heterocycles. The Hall–Kier alpha value is -0.510. The molecule has 0 heterocycles. The first kappa shape index (κ1) is 15.5. The number of nitrogens with two attached hydrogens (primary N) is 1. The summed E-state index contributed by atoms with van der Waals surface area (Å²) in [7, 11) is 0. The minimum absolute atomic E-state index is 0.569. The minimum atomic E-state index is 0.569. The summed E-state index contributed by atoms with van der Waals surface area (Å²) in [4.78, 5) is 1.35. The summed E-state index contributed by atoms with van der Waals surface area (Å²) in [6.45, 7) is 9.33. The van der Waals surface area contributed by atoms with Crippen LogP contribution in [0.3, 0.4) is 0 Å². The molecule has 1 aromatic carbocycles. The monoisotopic (exact) mass is 266 g/mol. The second kappa shape index (κ2) is 8.57. The zero-order valence-corrected chi connectivity index (χ0v) is 12.6. The first-order valence-corrected chi connectivity index (χ1v) is 7.78. The summed E-state index contributed by atoms with van der Waals surface area (Å²) in [6.07, 6.45) is 0. The second-order valence-electron chi connectivity index (χ2n) is 4.95. The Labute approximate surface area is 116 Å². The molecule has 0 aliphatic carbocycles. The number of thioether (sulfide) groups is 1. The topological polar surface area (TPSA) is 38.0 Å².